The standard InChI is InChI=1S/C10H9ClN2/c1-2-3-4-9-6-5-8(7-12)10(11)13-9/h2-3,5-6H,4H2,1H3/b3-2+. The fourth-order valence-corrected chi connectivity index (χ4v) is 1.12. The topological polar surface area (TPSA) is 36.7 Å². The van der Waals surface area contributed by atoms with Crippen LogP contribution in [0, 0.1) is 11.3 Å². The van der Waals surface area contributed by atoms with E-state index in [9.17, 15) is 0 Å². The van der Waals surface area contributed by atoms with Gasteiger partial charge in [0.25, 0.3) is 0 Å². The van der Waals surface area contributed by atoms with Gasteiger partial charge in [-0.25, -0.2) is 4.98 Å². The third-order valence-corrected chi connectivity index (χ3v) is 1.88. The van der Waals surface area contributed by atoms with E-state index < -0.39 is 0 Å². The molecule has 0 bridgehead atoms. The zero-order valence-electron chi connectivity index (χ0n) is 7.29. The van der Waals surface area contributed by atoms with Gasteiger partial charge >= 0.3 is 0 Å². The summed E-state index contributed by atoms with van der Waals surface area (Å²) >= 11 is 5.75. The quantitative estimate of drug-likeness (QED) is 0.534. The van der Waals surface area contributed by atoms with Crippen LogP contribution in [-0.2, 0) is 6.42 Å². The van der Waals surface area contributed by atoms with Crippen LogP contribution in [0.5, 0.6) is 0 Å². The van der Waals surface area contributed by atoms with Crippen LogP contribution in [0.2, 0.25) is 5.15 Å². The van der Waals surface area contributed by atoms with E-state index in [-0.39, 0.29) is 5.15 Å². The predicted octanol–water partition coefficient (Wildman–Crippen LogP) is 2.73. The van der Waals surface area contributed by atoms with E-state index in [4.69, 9.17) is 16.9 Å². The Labute approximate surface area is 82.5 Å². The minimum atomic E-state index is 0.282. The van der Waals surface area contributed by atoms with Gasteiger partial charge in [0.15, 0.2) is 0 Å². The molecule has 0 radical (unpaired) electrons. The van der Waals surface area contributed by atoms with Gasteiger partial charge in [0, 0.05) is 12.1 Å². The molecule has 1 aromatic heterocycles. The lowest BCUT2D eigenvalue weighted by Gasteiger charge is -1.97. The highest BCUT2D eigenvalue weighted by atomic mass is 35.5. The molecule has 0 aromatic carbocycles. The number of hydrogen-bond acceptors (Lipinski definition) is 2. The van der Waals surface area contributed by atoms with Crippen LogP contribution in [-0.4, -0.2) is 4.98 Å². The third kappa shape index (κ3) is 2.57. The maximum absolute atomic E-state index is 8.60. The monoisotopic (exact) mass is 192 g/mol. The minimum absolute atomic E-state index is 0.282. The van der Waals surface area contributed by atoms with Gasteiger partial charge in [-0.15, -0.1) is 0 Å². The molecule has 0 atom stereocenters. The molecule has 13 heavy (non-hydrogen) atoms. The van der Waals surface area contributed by atoms with Crippen LogP contribution < -0.4 is 0 Å². The molecule has 1 heterocycles. The number of rotatable bonds is 2. The van der Waals surface area contributed by atoms with Crippen molar-refractivity contribution in [2.75, 3.05) is 0 Å². The van der Waals surface area contributed by atoms with Crippen molar-refractivity contribution in [1.29, 1.82) is 5.26 Å². The first kappa shape index (κ1) is 9.76. The largest absolute Gasteiger partial charge is 0.239 e. The number of nitrogens with zero attached hydrogens (tertiary/aromatic N) is 2. The summed E-state index contributed by atoms with van der Waals surface area (Å²) in [5.41, 5.74) is 1.30. The number of aromatic nitrogens is 1. The molecule has 0 unspecified atom stereocenters. The Morgan fingerprint density at radius 2 is 2.38 bits per heavy atom. The van der Waals surface area contributed by atoms with Crippen LogP contribution >= 0.6 is 11.6 Å². The highest BCUT2D eigenvalue weighted by Gasteiger charge is 2.00. The van der Waals surface area contributed by atoms with Crippen molar-refractivity contribution in [1.82, 2.24) is 4.98 Å². The maximum Gasteiger partial charge on any atom is 0.147 e. The molecular weight excluding hydrogens is 184 g/mol. The molecule has 0 saturated heterocycles. The van der Waals surface area contributed by atoms with E-state index in [2.05, 4.69) is 4.98 Å². The molecule has 1 aromatic rings. The normalized spacial score (nSPS) is 10.2. The average molecular weight is 193 g/mol. The Kier molecular flexibility index (Phi) is 3.48. The van der Waals surface area contributed by atoms with Gasteiger partial charge in [-0.1, -0.05) is 23.8 Å². The Morgan fingerprint density at radius 1 is 1.62 bits per heavy atom. The summed E-state index contributed by atoms with van der Waals surface area (Å²) in [6.45, 7) is 1.95. The second kappa shape index (κ2) is 4.64. The lowest BCUT2D eigenvalue weighted by Crippen LogP contribution is -1.90. The number of halogens is 1. The highest BCUT2D eigenvalue weighted by molar-refractivity contribution is 6.30. The second-order valence-electron chi connectivity index (χ2n) is 2.53. The van der Waals surface area contributed by atoms with E-state index >= 15 is 0 Å². The smallest absolute Gasteiger partial charge is 0.147 e. The lowest BCUT2D eigenvalue weighted by molar-refractivity contribution is 1.10. The molecule has 0 aliphatic heterocycles. The molecule has 3 heteroatoms. The van der Waals surface area contributed by atoms with E-state index in [1.54, 1.807) is 6.07 Å². The van der Waals surface area contributed by atoms with E-state index in [1.807, 2.05) is 31.2 Å². The van der Waals surface area contributed by atoms with Crippen LogP contribution in [0.3, 0.4) is 0 Å². The van der Waals surface area contributed by atoms with Crippen molar-refractivity contribution in [3.05, 3.63) is 40.7 Å². The Morgan fingerprint density at radius 3 is 2.92 bits per heavy atom. The number of nitriles is 1. The molecule has 2 nitrogen and oxygen atoms in total. The molecule has 0 aliphatic carbocycles. The molecule has 66 valence electrons. The molecule has 0 fully saturated rings. The zero-order valence-corrected chi connectivity index (χ0v) is 8.04. The molecule has 0 saturated carbocycles. The molecule has 1 rings (SSSR count). The van der Waals surface area contributed by atoms with Crippen molar-refractivity contribution in [3.63, 3.8) is 0 Å². The molecule has 0 N–H and O–H groups in total. The summed E-state index contributed by atoms with van der Waals surface area (Å²) in [5.74, 6) is 0. The van der Waals surface area contributed by atoms with Crippen molar-refractivity contribution in [2.45, 2.75) is 13.3 Å². The summed E-state index contributed by atoms with van der Waals surface area (Å²) < 4.78 is 0. The Balaban J connectivity index is 2.91. The van der Waals surface area contributed by atoms with Crippen molar-refractivity contribution >= 4 is 11.6 Å². The Bertz CT molecular complexity index is 364. The van der Waals surface area contributed by atoms with E-state index in [0.717, 1.165) is 12.1 Å². The van der Waals surface area contributed by atoms with E-state index in [1.165, 1.54) is 0 Å². The van der Waals surface area contributed by atoms with Crippen molar-refractivity contribution < 1.29 is 0 Å². The fourth-order valence-electron chi connectivity index (χ4n) is 0.908. The molecule has 0 spiro atoms. The number of pyridine rings is 1. The average Bonchev–Trinajstić information content (AvgIpc) is 2.15. The van der Waals surface area contributed by atoms with Gasteiger partial charge in [0.1, 0.15) is 11.2 Å². The highest BCUT2D eigenvalue weighted by Crippen LogP contribution is 2.12. The minimum Gasteiger partial charge on any atom is -0.239 e. The summed E-state index contributed by atoms with van der Waals surface area (Å²) in [6, 6.07) is 5.46. The SMILES string of the molecule is C/C=C/Cc1ccc(C#N)c(Cl)n1. The maximum atomic E-state index is 8.60. The third-order valence-electron chi connectivity index (χ3n) is 1.59. The van der Waals surface area contributed by atoms with Gasteiger partial charge in [-0.05, 0) is 19.1 Å². The number of hydrogen-bond donors (Lipinski definition) is 0. The lowest BCUT2D eigenvalue weighted by atomic mass is 10.2. The molecule has 0 amide bonds. The molecule has 0 aliphatic rings. The number of allylic oxidation sites excluding steroid dienone is 2. The van der Waals surface area contributed by atoms with Gasteiger partial charge in [-0.2, -0.15) is 5.26 Å². The van der Waals surface area contributed by atoms with Crippen LogP contribution in [0.15, 0.2) is 24.3 Å². The summed E-state index contributed by atoms with van der Waals surface area (Å²) in [5, 5.41) is 8.88. The second-order valence-corrected chi connectivity index (χ2v) is 2.88. The van der Waals surface area contributed by atoms with Gasteiger partial charge in [-0.3, -0.25) is 0 Å². The first-order valence-electron chi connectivity index (χ1n) is 3.94. The van der Waals surface area contributed by atoms with Gasteiger partial charge < -0.3 is 0 Å². The predicted molar refractivity (Wildman–Crippen MR) is 52.5 cm³/mol. The fraction of sp³-hybridized carbons (Fsp3) is 0.200. The van der Waals surface area contributed by atoms with Crippen molar-refractivity contribution in [3.8, 4) is 6.07 Å². The Hall–Kier alpha value is -1.33. The summed E-state index contributed by atoms with van der Waals surface area (Å²) in [6.07, 6.45) is 4.69. The first-order valence-corrected chi connectivity index (χ1v) is 4.32. The molecular formula is C10H9ClN2. The van der Waals surface area contributed by atoms with Crippen LogP contribution in [0.1, 0.15) is 18.2 Å². The van der Waals surface area contributed by atoms with Gasteiger partial charge in [0.2, 0.25) is 0 Å². The van der Waals surface area contributed by atoms with Gasteiger partial charge in [0.05, 0.1) is 5.56 Å². The zero-order chi connectivity index (χ0) is 9.68. The van der Waals surface area contributed by atoms with E-state index in [0.29, 0.717) is 5.56 Å². The summed E-state index contributed by atoms with van der Waals surface area (Å²) in [7, 11) is 0. The first-order chi connectivity index (χ1) is 6.27. The summed E-state index contributed by atoms with van der Waals surface area (Å²) in [4.78, 5) is 4.07. The van der Waals surface area contributed by atoms with Crippen LogP contribution in [0.25, 0.3) is 0 Å². The van der Waals surface area contributed by atoms with Crippen molar-refractivity contribution in [2.24, 2.45) is 0 Å². The van der Waals surface area contributed by atoms with Crippen LogP contribution in [0.4, 0.5) is 0 Å².